The number of rotatable bonds is 46. The monoisotopic (exact) mass is 793 g/mol. The van der Waals surface area contributed by atoms with Crippen molar-refractivity contribution in [3.63, 3.8) is 0 Å². The average molecular weight is 793 g/mol. The summed E-state index contributed by atoms with van der Waals surface area (Å²) in [6.07, 6.45) is 47.3. The molecule has 0 aliphatic heterocycles. The number of ether oxygens (including phenoxy) is 1. The zero-order valence-electron chi connectivity index (χ0n) is 37.8. The molecule has 0 heterocycles. The first-order valence-electron chi connectivity index (χ1n) is 25.0. The summed E-state index contributed by atoms with van der Waals surface area (Å²) in [5.41, 5.74) is 0. The number of hydrogen-bond acceptors (Lipinski definition) is 4. The van der Waals surface area contributed by atoms with Crippen LogP contribution in [0.25, 0.3) is 0 Å². The van der Waals surface area contributed by atoms with Crippen LogP contribution in [0.5, 0.6) is 0 Å². The predicted molar refractivity (Wildman–Crippen MR) is 238 cm³/mol. The first-order chi connectivity index (χ1) is 27.4. The van der Waals surface area contributed by atoms with Crippen LogP contribution in [0.3, 0.4) is 0 Å². The van der Waals surface area contributed by atoms with E-state index >= 15 is 0 Å². The molecule has 0 amide bonds. The van der Waals surface area contributed by atoms with Crippen molar-refractivity contribution >= 4 is 17.9 Å². The molecule has 0 aliphatic rings. The Kier molecular flexibility index (Phi) is 41.8. The fraction of sp³-hybridized carbons (Fsp3) is 0.940. The molecule has 0 radical (unpaired) electrons. The normalized spacial score (nSPS) is 13.1. The van der Waals surface area contributed by atoms with Crippen LogP contribution in [-0.4, -0.2) is 34.7 Å². The zero-order chi connectivity index (χ0) is 41.2. The third-order valence-corrected chi connectivity index (χ3v) is 12.3. The SMILES string of the molecule is CCCCCCCCCCCCCCCCCCC(CCCCCCCCCCCC)C(=O)OCCC(C(=O)O)C(CCCCCCCCCCCC)C(=O)O. The highest BCUT2D eigenvalue weighted by atomic mass is 16.5. The van der Waals surface area contributed by atoms with Crippen molar-refractivity contribution in [1.82, 2.24) is 0 Å². The molecule has 332 valence electrons. The highest BCUT2D eigenvalue weighted by Crippen LogP contribution is 2.26. The van der Waals surface area contributed by atoms with Gasteiger partial charge in [-0.15, -0.1) is 0 Å². The van der Waals surface area contributed by atoms with Crippen LogP contribution in [-0.2, 0) is 19.1 Å². The van der Waals surface area contributed by atoms with E-state index in [1.165, 1.54) is 180 Å². The summed E-state index contributed by atoms with van der Waals surface area (Å²) < 4.78 is 5.75. The van der Waals surface area contributed by atoms with Gasteiger partial charge < -0.3 is 14.9 Å². The first kappa shape index (κ1) is 54.4. The quantitative estimate of drug-likeness (QED) is 0.0470. The maximum atomic E-state index is 13.4. The van der Waals surface area contributed by atoms with Gasteiger partial charge in [0.05, 0.1) is 24.4 Å². The van der Waals surface area contributed by atoms with Gasteiger partial charge in [0.25, 0.3) is 0 Å². The number of hydrogen-bond donors (Lipinski definition) is 2. The summed E-state index contributed by atoms with van der Waals surface area (Å²) in [5, 5.41) is 19.9. The van der Waals surface area contributed by atoms with Gasteiger partial charge in [0.2, 0.25) is 0 Å². The number of unbranched alkanes of at least 4 members (excludes halogenated alkanes) is 33. The van der Waals surface area contributed by atoms with E-state index < -0.39 is 23.8 Å². The zero-order valence-corrected chi connectivity index (χ0v) is 37.8. The number of carboxylic acids is 2. The molecule has 0 spiro atoms. The molecule has 0 fully saturated rings. The first-order valence-corrected chi connectivity index (χ1v) is 25.0. The fourth-order valence-corrected chi connectivity index (χ4v) is 8.45. The Morgan fingerprint density at radius 1 is 0.339 bits per heavy atom. The second-order valence-electron chi connectivity index (χ2n) is 17.6. The smallest absolute Gasteiger partial charge is 0.308 e. The fourth-order valence-electron chi connectivity index (χ4n) is 8.45. The second-order valence-corrected chi connectivity index (χ2v) is 17.6. The van der Waals surface area contributed by atoms with Gasteiger partial charge in [-0.2, -0.15) is 0 Å². The van der Waals surface area contributed by atoms with Gasteiger partial charge in [0.15, 0.2) is 0 Å². The molecule has 56 heavy (non-hydrogen) atoms. The Balaban J connectivity index is 4.64. The minimum atomic E-state index is -1.10. The van der Waals surface area contributed by atoms with Gasteiger partial charge in [-0.3, -0.25) is 14.4 Å². The molecule has 0 aromatic rings. The van der Waals surface area contributed by atoms with Crippen molar-refractivity contribution < 1.29 is 29.3 Å². The second kappa shape index (κ2) is 43.0. The third-order valence-electron chi connectivity index (χ3n) is 12.3. The van der Waals surface area contributed by atoms with E-state index in [2.05, 4.69) is 20.8 Å². The number of carbonyl (C=O) groups excluding carboxylic acids is 1. The van der Waals surface area contributed by atoms with Crippen molar-refractivity contribution in [1.29, 1.82) is 0 Å². The van der Waals surface area contributed by atoms with Crippen molar-refractivity contribution in [2.24, 2.45) is 17.8 Å². The van der Waals surface area contributed by atoms with Gasteiger partial charge >= 0.3 is 17.9 Å². The topological polar surface area (TPSA) is 101 Å². The Morgan fingerprint density at radius 2 is 0.571 bits per heavy atom. The van der Waals surface area contributed by atoms with Gasteiger partial charge in [-0.05, 0) is 25.7 Å². The molecule has 0 bridgehead atoms. The number of esters is 1. The van der Waals surface area contributed by atoms with Gasteiger partial charge in [0.1, 0.15) is 0 Å². The molecule has 0 saturated heterocycles. The number of aliphatic carboxylic acids is 2. The molecule has 6 heteroatoms. The van der Waals surface area contributed by atoms with Gasteiger partial charge in [-0.25, -0.2) is 0 Å². The standard InChI is InChI=1S/C50H96O6/c1-4-7-10-13-16-19-22-23-24-25-26-27-29-32-35-38-41-45(40-37-34-31-28-20-17-14-11-8-5-2)50(55)56-44-43-47(49(53)54)46(48(51)52)42-39-36-33-30-21-18-15-12-9-6-3/h45-47H,4-44H2,1-3H3,(H,51,52)(H,53,54). The third kappa shape index (κ3) is 35.6. The summed E-state index contributed by atoms with van der Waals surface area (Å²) in [6, 6.07) is 0. The maximum absolute atomic E-state index is 13.4. The van der Waals surface area contributed by atoms with Gasteiger partial charge in [0, 0.05) is 0 Å². The molecule has 0 aromatic heterocycles. The Morgan fingerprint density at radius 3 is 0.839 bits per heavy atom. The van der Waals surface area contributed by atoms with Crippen molar-refractivity contribution in [3.8, 4) is 0 Å². The van der Waals surface area contributed by atoms with Crippen molar-refractivity contribution in [3.05, 3.63) is 0 Å². The van der Waals surface area contributed by atoms with E-state index in [4.69, 9.17) is 4.74 Å². The lowest BCUT2D eigenvalue weighted by Gasteiger charge is -2.21. The minimum absolute atomic E-state index is 0.0227. The molecule has 0 saturated carbocycles. The summed E-state index contributed by atoms with van der Waals surface area (Å²) in [7, 11) is 0. The molecule has 0 aromatic carbocycles. The van der Waals surface area contributed by atoms with Crippen molar-refractivity contribution in [2.45, 2.75) is 278 Å². The van der Waals surface area contributed by atoms with Crippen LogP contribution >= 0.6 is 0 Å². The molecule has 0 rings (SSSR count). The number of carboxylic acid groups (broad SMARTS) is 2. The van der Waals surface area contributed by atoms with E-state index in [1.54, 1.807) is 0 Å². The largest absolute Gasteiger partial charge is 0.481 e. The average Bonchev–Trinajstić information content (AvgIpc) is 3.18. The summed E-state index contributed by atoms with van der Waals surface area (Å²) in [4.78, 5) is 37.8. The van der Waals surface area contributed by atoms with Crippen LogP contribution in [0, 0.1) is 17.8 Å². The minimum Gasteiger partial charge on any atom is -0.481 e. The van der Waals surface area contributed by atoms with E-state index in [-0.39, 0.29) is 24.9 Å². The lowest BCUT2D eigenvalue weighted by atomic mass is 9.85. The van der Waals surface area contributed by atoms with Crippen LogP contribution in [0.4, 0.5) is 0 Å². The number of carbonyl (C=O) groups is 3. The highest BCUT2D eigenvalue weighted by molar-refractivity contribution is 5.80. The molecule has 6 nitrogen and oxygen atoms in total. The lowest BCUT2D eigenvalue weighted by molar-refractivity contribution is -0.157. The van der Waals surface area contributed by atoms with E-state index in [0.29, 0.717) is 6.42 Å². The summed E-state index contributed by atoms with van der Waals surface area (Å²) in [5.74, 6) is -4.52. The van der Waals surface area contributed by atoms with Crippen molar-refractivity contribution in [2.75, 3.05) is 6.61 Å². The Hall–Kier alpha value is -1.59. The Labute approximate surface area is 348 Å². The summed E-state index contributed by atoms with van der Waals surface area (Å²) in [6.45, 7) is 6.74. The van der Waals surface area contributed by atoms with E-state index in [1.807, 2.05) is 0 Å². The van der Waals surface area contributed by atoms with E-state index in [0.717, 1.165) is 64.2 Å². The lowest BCUT2D eigenvalue weighted by Crippen LogP contribution is -2.31. The van der Waals surface area contributed by atoms with Gasteiger partial charge in [-0.1, -0.05) is 252 Å². The van der Waals surface area contributed by atoms with Crippen LogP contribution < -0.4 is 0 Å². The molecule has 0 aliphatic carbocycles. The van der Waals surface area contributed by atoms with Crippen LogP contribution in [0.2, 0.25) is 0 Å². The molecule has 3 unspecified atom stereocenters. The maximum Gasteiger partial charge on any atom is 0.308 e. The molecule has 3 atom stereocenters. The van der Waals surface area contributed by atoms with E-state index in [9.17, 15) is 24.6 Å². The molecule has 2 N–H and O–H groups in total. The van der Waals surface area contributed by atoms with Crippen LogP contribution in [0.15, 0.2) is 0 Å². The highest BCUT2D eigenvalue weighted by Gasteiger charge is 2.33. The predicted octanol–water partition coefficient (Wildman–Crippen LogP) is 16.2. The Bertz CT molecular complexity index is 858. The molecular weight excluding hydrogens is 697 g/mol. The summed E-state index contributed by atoms with van der Waals surface area (Å²) >= 11 is 0. The van der Waals surface area contributed by atoms with Crippen LogP contribution in [0.1, 0.15) is 278 Å². The molecular formula is C50H96O6.